The van der Waals surface area contributed by atoms with E-state index in [9.17, 15) is 4.57 Å². The lowest BCUT2D eigenvalue weighted by atomic mass is 10.2. The van der Waals surface area contributed by atoms with E-state index in [2.05, 4.69) is 0 Å². The minimum atomic E-state index is -2.92. The Labute approximate surface area is 84.6 Å². The molecular weight excluding hydrogens is 199 g/mol. The van der Waals surface area contributed by atoms with Crippen molar-refractivity contribution in [3.8, 4) is 0 Å². The average molecular weight is 214 g/mol. The van der Waals surface area contributed by atoms with E-state index in [1.165, 1.54) is 19.8 Å². The second kappa shape index (κ2) is 4.74. The van der Waals surface area contributed by atoms with Crippen molar-refractivity contribution in [2.75, 3.05) is 14.2 Å². The first kappa shape index (κ1) is 11.4. The summed E-state index contributed by atoms with van der Waals surface area (Å²) in [6.45, 7) is 2.01. The van der Waals surface area contributed by atoms with Crippen LogP contribution in [0.1, 0.15) is 11.1 Å². The third kappa shape index (κ3) is 2.95. The fraction of sp³-hybridized carbons (Fsp3) is 0.400. The highest BCUT2D eigenvalue weighted by Gasteiger charge is 2.21. The van der Waals surface area contributed by atoms with Crippen LogP contribution < -0.4 is 0 Å². The lowest BCUT2D eigenvalue weighted by molar-refractivity contribution is 0.275. The molecule has 0 heterocycles. The molecule has 14 heavy (non-hydrogen) atoms. The zero-order valence-electron chi connectivity index (χ0n) is 8.69. The molecule has 4 heteroatoms. The SMILES string of the molecule is COP(=O)(Cc1ccc(C)cc1)OC. The average Bonchev–Trinajstić information content (AvgIpc) is 2.21. The summed E-state index contributed by atoms with van der Waals surface area (Å²) < 4.78 is 21.5. The van der Waals surface area contributed by atoms with Crippen LogP contribution >= 0.6 is 7.60 Å². The van der Waals surface area contributed by atoms with Crippen molar-refractivity contribution in [1.29, 1.82) is 0 Å². The van der Waals surface area contributed by atoms with Gasteiger partial charge in [0.1, 0.15) is 0 Å². The zero-order valence-corrected chi connectivity index (χ0v) is 9.58. The number of hydrogen-bond acceptors (Lipinski definition) is 3. The van der Waals surface area contributed by atoms with Crippen LogP contribution in [0.15, 0.2) is 24.3 Å². The maximum absolute atomic E-state index is 11.8. The first-order chi connectivity index (χ1) is 6.59. The third-order valence-corrected chi connectivity index (χ3v) is 3.92. The smallest absolute Gasteiger partial charge is 0.312 e. The summed E-state index contributed by atoms with van der Waals surface area (Å²) in [4.78, 5) is 0. The van der Waals surface area contributed by atoms with Crippen molar-refractivity contribution in [2.24, 2.45) is 0 Å². The number of benzene rings is 1. The Bertz CT molecular complexity index is 324. The first-order valence-corrected chi connectivity index (χ1v) is 6.08. The van der Waals surface area contributed by atoms with Crippen LogP contribution in [0.4, 0.5) is 0 Å². The summed E-state index contributed by atoms with van der Waals surface area (Å²) in [5.74, 6) is 0. The summed E-state index contributed by atoms with van der Waals surface area (Å²) in [7, 11) is -0.116. The quantitative estimate of drug-likeness (QED) is 0.723. The second-order valence-corrected chi connectivity index (χ2v) is 5.39. The van der Waals surface area contributed by atoms with Gasteiger partial charge in [-0.3, -0.25) is 4.57 Å². The summed E-state index contributed by atoms with van der Waals surface area (Å²) >= 11 is 0. The van der Waals surface area contributed by atoms with E-state index in [1.54, 1.807) is 0 Å². The van der Waals surface area contributed by atoms with Crippen molar-refractivity contribution in [3.05, 3.63) is 35.4 Å². The molecule has 0 atom stereocenters. The standard InChI is InChI=1S/C10H15O3P/c1-9-4-6-10(7-5-9)8-14(11,12-2)13-3/h4-7H,8H2,1-3H3. The molecule has 0 bridgehead atoms. The third-order valence-electron chi connectivity index (χ3n) is 2.05. The summed E-state index contributed by atoms with van der Waals surface area (Å²) in [6, 6.07) is 7.82. The molecule has 0 saturated heterocycles. The van der Waals surface area contributed by atoms with Crippen molar-refractivity contribution in [1.82, 2.24) is 0 Å². The molecule has 0 radical (unpaired) electrons. The molecule has 0 fully saturated rings. The van der Waals surface area contributed by atoms with E-state index in [0.29, 0.717) is 6.16 Å². The largest absolute Gasteiger partial charge is 0.334 e. The van der Waals surface area contributed by atoms with Crippen molar-refractivity contribution in [3.63, 3.8) is 0 Å². The van der Waals surface area contributed by atoms with Gasteiger partial charge in [0, 0.05) is 14.2 Å². The molecule has 0 unspecified atom stereocenters. The molecule has 1 aromatic carbocycles. The number of hydrogen-bond donors (Lipinski definition) is 0. The van der Waals surface area contributed by atoms with Crippen LogP contribution in [0.5, 0.6) is 0 Å². The number of rotatable bonds is 4. The summed E-state index contributed by atoms with van der Waals surface area (Å²) in [5, 5.41) is 0. The Kier molecular flexibility index (Phi) is 3.87. The molecule has 0 amide bonds. The molecule has 0 aliphatic rings. The normalized spacial score (nSPS) is 11.6. The zero-order chi connectivity index (χ0) is 10.6. The van der Waals surface area contributed by atoms with Gasteiger partial charge in [-0.05, 0) is 12.5 Å². The van der Waals surface area contributed by atoms with Gasteiger partial charge in [-0.2, -0.15) is 0 Å². The molecular formula is C10H15O3P. The highest BCUT2D eigenvalue weighted by atomic mass is 31.2. The first-order valence-electron chi connectivity index (χ1n) is 4.36. The van der Waals surface area contributed by atoms with Crippen LogP contribution in [-0.4, -0.2) is 14.2 Å². The van der Waals surface area contributed by atoms with Crippen LogP contribution in [0, 0.1) is 6.92 Å². The Hall–Kier alpha value is -0.630. The molecule has 1 aromatic rings. The maximum atomic E-state index is 11.8. The Balaban J connectivity index is 2.78. The van der Waals surface area contributed by atoms with Crippen LogP contribution in [0.2, 0.25) is 0 Å². The van der Waals surface area contributed by atoms with Gasteiger partial charge >= 0.3 is 7.60 Å². The van der Waals surface area contributed by atoms with Crippen LogP contribution in [-0.2, 0) is 19.8 Å². The summed E-state index contributed by atoms with van der Waals surface area (Å²) in [5.41, 5.74) is 2.14. The fourth-order valence-corrected chi connectivity index (χ4v) is 2.19. The highest BCUT2D eigenvalue weighted by molar-refractivity contribution is 7.52. The molecule has 0 aliphatic carbocycles. The molecule has 1 rings (SSSR count). The molecule has 3 nitrogen and oxygen atoms in total. The predicted octanol–water partition coefficient (Wildman–Crippen LogP) is 2.98. The van der Waals surface area contributed by atoms with E-state index < -0.39 is 7.60 Å². The van der Waals surface area contributed by atoms with E-state index in [1.807, 2.05) is 31.2 Å². The van der Waals surface area contributed by atoms with Crippen LogP contribution in [0.3, 0.4) is 0 Å². The molecule has 0 N–H and O–H groups in total. The molecule has 0 aromatic heterocycles. The minimum absolute atomic E-state index is 0.320. The van der Waals surface area contributed by atoms with E-state index in [-0.39, 0.29) is 0 Å². The lowest BCUT2D eigenvalue weighted by Gasteiger charge is -2.13. The Morgan fingerprint density at radius 2 is 1.64 bits per heavy atom. The van der Waals surface area contributed by atoms with E-state index >= 15 is 0 Å². The predicted molar refractivity (Wildman–Crippen MR) is 56.5 cm³/mol. The monoisotopic (exact) mass is 214 g/mol. The van der Waals surface area contributed by atoms with Gasteiger partial charge in [-0.25, -0.2) is 0 Å². The van der Waals surface area contributed by atoms with Gasteiger partial charge in [-0.1, -0.05) is 29.8 Å². The molecule has 0 spiro atoms. The van der Waals surface area contributed by atoms with Crippen molar-refractivity contribution >= 4 is 7.60 Å². The van der Waals surface area contributed by atoms with E-state index in [0.717, 1.165) is 5.56 Å². The fourth-order valence-electron chi connectivity index (χ4n) is 1.12. The van der Waals surface area contributed by atoms with Gasteiger partial charge < -0.3 is 9.05 Å². The molecule has 78 valence electrons. The summed E-state index contributed by atoms with van der Waals surface area (Å²) in [6.07, 6.45) is 0.320. The maximum Gasteiger partial charge on any atom is 0.334 e. The van der Waals surface area contributed by atoms with Crippen molar-refractivity contribution < 1.29 is 13.6 Å². The number of aryl methyl sites for hydroxylation is 1. The van der Waals surface area contributed by atoms with Gasteiger partial charge in [0.2, 0.25) is 0 Å². The Morgan fingerprint density at radius 3 is 2.07 bits per heavy atom. The lowest BCUT2D eigenvalue weighted by Crippen LogP contribution is -1.93. The molecule has 0 saturated carbocycles. The topological polar surface area (TPSA) is 35.5 Å². The van der Waals surface area contributed by atoms with Gasteiger partial charge in [-0.15, -0.1) is 0 Å². The highest BCUT2D eigenvalue weighted by Crippen LogP contribution is 2.49. The minimum Gasteiger partial charge on any atom is -0.312 e. The van der Waals surface area contributed by atoms with Gasteiger partial charge in [0.25, 0.3) is 0 Å². The van der Waals surface area contributed by atoms with Gasteiger partial charge in [0.15, 0.2) is 0 Å². The Morgan fingerprint density at radius 1 is 1.14 bits per heavy atom. The second-order valence-electron chi connectivity index (χ2n) is 3.12. The van der Waals surface area contributed by atoms with Crippen molar-refractivity contribution in [2.45, 2.75) is 13.1 Å². The van der Waals surface area contributed by atoms with Gasteiger partial charge in [0.05, 0.1) is 6.16 Å². The van der Waals surface area contributed by atoms with E-state index in [4.69, 9.17) is 9.05 Å². The molecule has 0 aliphatic heterocycles. The van der Waals surface area contributed by atoms with Crippen LogP contribution in [0.25, 0.3) is 0 Å².